The van der Waals surface area contributed by atoms with Gasteiger partial charge in [-0.05, 0) is 67.2 Å². The number of hydrogen-bond acceptors (Lipinski definition) is 5. The lowest BCUT2D eigenvalue weighted by atomic mass is 10.0. The van der Waals surface area contributed by atoms with Crippen molar-refractivity contribution in [3.63, 3.8) is 0 Å². The van der Waals surface area contributed by atoms with E-state index in [0.717, 1.165) is 29.7 Å². The molecule has 0 amide bonds. The third-order valence-corrected chi connectivity index (χ3v) is 5.20. The molecule has 0 saturated heterocycles. The van der Waals surface area contributed by atoms with Gasteiger partial charge in [0.25, 0.3) is 0 Å². The van der Waals surface area contributed by atoms with Gasteiger partial charge in [-0.25, -0.2) is 4.79 Å². The lowest BCUT2D eigenvalue weighted by Gasteiger charge is -2.13. The van der Waals surface area contributed by atoms with Gasteiger partial charge in [-0.2, -0.15) is 9.36 Å². The van der Waals surface area contributed by atoms with Gasteiger partial charge in [-0.3, -0.25) is 0 Å². The Kier molecular flexibility index (Phi) is 5.05. The highest BCUT2D eigenvalue weighted by Gasteiger charge is 2.28. The minimum absolute atomic E-state index is 0.271. The van der Waals surface area contributed by atoms with Crippen LogP contribution in [-0.4, -0.2) is 25.5 Å². The maximum atomic E-state index is 12.4. The molecule has 4 rings (SSSR count). The van der Waals surface area contributed by atoms with Crippen LogP contribution in [-0.2, 0) is 18.5 Å². The van der Waals surface area contributed by atoms with E-state index in [0.29, 0.717) is 11.6 Å². The van der Waals surface area contributed by atoms with Crippen molar-refractivity contribution in [1.29, 1.82) is 0 Å². The predicted molar refractivity (Wildman–Crippen MR) is 111 cm³/mol. The molecule has 1 fully saturated rings. The smallest absolute Gasteiger partial charge is 0.368 e. The lowest BCUT2D eigenvalue weighted by Crippen LogP contribution is -2.23. The van der Waals surface area contributed by atoms with E-state index in [4.69, 9.17) is 4.84 Å². The number of aryl methyl sites for hydroxylation is 3. The normalized spacial score (nSPS) is 14.3. The van der Waals surface area contributed by atoms with E-state index in [1.165, 1.54) is 26.1 Å². The Balaban J connectivity index is 1.64. The van der Waals surface area contributed by atoms with Crippen molar-refractivity contribution in [2.45, 2.75) is 46.1 Å². The molecule has 3 aromatic rings. The molecule has 1 aliphatic rings. The summed E-state index contributed by atoms with van der Waals surface area (Å²) in [5.74, 6) is 0.505. The molecule has 0 bridgehead atoms. The fraction of sp³-hybridized carbons (Fsp3) is 0.364. The molecule has 0 N–H and O–H groups in total. The summed E-state index contributed by atoms with van der Waals surface area (Å²) in [6, 6.07) is 12.3. The minimum Gasteiger partial charge on any atom is -0.391 e. The lowest BCUT2D eigenvalue weighted by molar-refractivity contribution is 0.129. The summed E-state index contributed by atoms with van der Waals surface area (Å²) in [7, 11) is 1.59. The number of rotatable bonds is 6. The highest BCUT2D eigenvalue weighted by Crippen LogP contribution is 2.42. The van der Waals surface area contributed by atoms with Crippen LogP contribution >= 0.6 is 0 Å². The number of oxime groups is 1. The SMILES string of the molecule is C/C(=N/OCc1c(C2CC2)cccc1-n1nnn(C)c1=O)c1cc(C)cc(C)c1. The van der Waals surface area contributed by atoms with Crippen molar-refractivity contribution in [2.24, 2.45) is 12.2 Å². The van der Waals surface area contributed by atoms with Crippen LogP contribution in [0.25, 0.3) is 5.69 Å². The monoisotopic (exact) mass is 391 g/mol. The Morgan fingerprint density at radius 3 is 2.52 bits per heavy atom. The van der Waals surface area contributed by atoms with Gasteiger partial charge in [0.15, 0.2) is 0 Å². The summed E-state index contributed by atoms with van der Waals surface area (Å²) in [4.78, 5) is 18.1. The molecule has 1 aliphatic carbocycles. The Hall–Kier alpha value is -3.22. The van der Waals surface area contributed by atoms with Crippen molar-refractivity contribution >= 4 is 5.71 Å². The van der Waals surface area contributed by atoms with Crippen LogP contribution in [0.15, 0.2) is 46.3 Å². The second-order valence-corrected chi connectivity index (χ2v) is 7.74. The average molecular weight is 391 g/mol. The molecule has 7 nitrogen and oxygen atoms in total. The van der Waals surface area contributed by atoms with Gasteiger partial charge >= 0.3 is 5.69 Å². The first-order valence-electron chi connectivity index (χ1n) is 9.80. The van der Waals surface area contributed by atoms with E-state index >= 15 is 0 Å². The molecule has 0 spiro atoms. The molecular weight excluding hydrogens is 366 g/mol. The first-order valence-corrected chi connectivity index (χ1v) is 9.80. The molecule has 0 unspecified atom stereocenters. The van der Waals surface area contributed by atoms with E-state index < -0.39 is 0 Å². The van der Waals surface area contributed by atoms with Crippen molar-refractivity contribution in [1.82, 2.24) is 19.8 Å². The maximum absolute atomic E-state index is 12.4. The Bertz CT molecular complexity index is 1120. The minimum atomic E-state index is -0.283. The number of benzene rings is 2. The summed E-state index contributed by atoms with van der Waals surface area (Å²) in [5.41, 5.74) is 6.80. The second kappa shape index (κ2) is 7.66. The summed E-state index contributed by atoms with van der Waals surface area (Å²) in [5, 5.41) is 12.2. The van der Waals surface area contributed by atoms with Crippen LogP contribution in [0.3, 0.4) is 0 Å². The van der Waals surface area contributed by atoms with Crippen LogP contribution in [0.1, 0.15) is 53.5 Å². The van der Waals surface area contributed by atoms with Gasteiger partial charge in [0.2, 0.25) is 0 Å². The molecule has 1 aromatic heterocycles. The molecule has 29 heavy (non-hydrogen) atoms. The van der Waals surface area contributed by atoms with Gasteiger partial charge < -0.3 is 4.84 Å². The highest BCUT2D eigenvalue weighted by molar-refractivity contribution is 5.98. The Morgan fingerprint density at radius 2 is 1.90 bits per heavy atom. The van der Waals surface area contributed by atoms with Gasteiger partial charge in [0.1, 0.15) is 6.61 Å². The third kappa shape index (κ3) is 3.99. The molecule has 150 valence electrons. The number of hydrogen-bond donors (Lipinski definition) is 0. The second-order valence-electron chi connectivity index (χ2n) is 7.74. The van der Waals surface area contributed by atoms with Gasteiger partial charge in [-0.1, -0.05) is 46.6 Å². The average Bonchev–Trinajstić information content (AvgIpc) is 3.47. The quantitative estimate of drug-likeness (QED) is 0.477. The zero-order valence-electron chi connectivity index (χ0n) is 17.2. The third-order valence-electron chi connectivity index (χ3n) is 5.20. The fourth-order valence-electron chi connectivity index (χ4n) is 3.62. The van der Waals surface area contributed by atoms with Crippen LogP contribution in [0.2, 0.25) is 0 Å². The van der Waals surface area contributed by atoms with Gasteiger partial charge in [-0.15, -0.1) is 0 Å². The zero-order valence-corrected chi connectivity index (χ0v) is 17.2. The van der Waals surface area contributed by atoms with Crippen molar-refractivity contribution < 1.29 is 4.84 Å². The molecule has 0 radical (unpaired) electrons. The molecule has 0 atom stereocenters. The number of tetrazole rings is 1. The van der Waals surface area contributed by atoms with E-state index in [-0.39, 0.29) is 12.3 Å². The Morgan fingerprint density at radius 1 is 1.17 bits per heavy atom. The van der Waals surface area contributed by atoms with Crippen molar-refractivity contribution in [2.75, 3.05) is 0 Å². The predicted octanol–water partition coefficient (Wildman–Crippen LogP) is 3.40. The summed E-state index contributed by atoms with van der Waals surface area (Å²) >= 11 is 0. The van der Waals surface area contributed by atoms with E-state index in [1.807, 2.05) is 19.1 Å². The first-order chi connectivity index (χ1) is 13.9. The van der Waals surface area contributed by atoms with Crippen molar-refractivity contribution in [3.05, 3.63) is 74.7 Å². The van der Waals surface area contributed by atoms with Gasteiger partial charge in [0.05, 0.1) is 11.4 Å². The maximum Gasteiger partial charge on any atom is 0.368 e. The molecule has 0 aliphatic heterocycles. The van der Waals surface area contributed by atoms with Crippen molar-refractivity contribution in [3.8, 4) is 5.69 Å². The summed E-state index contributed by atoms with van der Waals surface area (Å²) in [6.45, 7) is 6.35. The van der Waals surface area contributed by atoms with Crippen LogP contribution in [0.5, 0.6) is 0 Å². The highest BCUT2D eigenvalue weighted by atomic mass is 16.6. The fourth-order valence-corrected chi connectivity index (χ4v) is 3.62. The number of aromatic nitrogens is 4. The summed E-state index contributed by atoms with van der Waals surface area (Å²) in [6.07, 6.45) is 2.30. The molecule has 2 aromatic carbocycles. The largest absolute Gasteiger partial charge is 0.391 e. The zero-order chi connectivity index (χ0) is 20.5. The van der Waals surface area contributed by atoms with Crippen LogP contribution < -0.4 is 5.69 Å². The molecule has 1 saturated carbocycles. The van der Waals surface area contributed by atoms with E-state index in [1.54, 1.807) is 7.05 Å². The topological polar surface area (TPSA) is 74.3 Å². The van der Waals surface area contributed by atoms with Crippen LogP contribution in [0.4, 0.5) is 0 Å². The molecule has 7 heteroatoms. The molecule has 1 heterocycles. The Labute approximate surface area is 169 Å². The first kappa shape index (κ1) is 19.1. The van der Waals surface area contributed by atoms with E-state index in [2.05, 4.69) is 53.7 Å². The molecular formula is C22H25N5O2. The number of nitrogens with zero attached hydrogens (tertiary/aromatic N) is 5. The van der Waals surface area contributed by atoms with Crippen LogP contribution in [0, 0.1) is 13.8 Å². The van der Waals surface area contributed by atoms with Gasteiger partial charge in [0, 0.05) is 12.6 Å². The summed E-state index contributed by atoms with van der Waals surface area (Å²) < 4.78 is 2.54. The van der Waals surface area contributed by atoms with E-state index in [9.17, 15) is 4.79 Å². The standard InChI is InChI=1S/C22H25N5O2/c1-14-10-15(2)12-18(11-14)16(3)23-29-13-20-19(17-8-9-17)6-5-7-21(20)27-22(28)26(4)24-25-27/h5-7,10-12,17H,8-9,13H2,1-4H3/b23-16-.